The predicted octanol–water partition coefficient (Wildman–Crippen LogP) is 3.42. The highest BCUT2D eigenvalue weighted by Crippen LogP contribution is 2.29. The van der Waals surface area contributed by atoms with Crippen LogP contribution in [-0.4, -0.2) is 16.0 Å². The smallest absolute Gasteiger partial charge is 0.352 e. The Bertz CT molecular complexity index is 685. The molecule has 2 aromatic rings. The molecule has 2 rings (SSSR count). The molecule has 0 aliphatic carbocycles. The number of amides is 1. The summed E-state index contributed by atoms with van der Waals surface area (Å²) >= 11 is 0. The Morgan fingerprint density at radius 2 is 1.78 bits per heavy atom. The Hall–Kier alpha value is -2.38. The van der Waals surface area contributed by atoms with E-state index in [1.54, 1.807) is 45.0 Å². The number of carbonyl (C=O) groups excluding carboxylic acids is 1. The van der Waals surface area contributed by atoms with Crippen LogP contribution in [0.15, 0.2) is 28.8 Å². The molecule has 0 unspecified atom stereocenters. The van der Waals surface area contributed by atoms with Crippen molar-refractivity contribution in [1.29, 1.82) is 0 Å². The minimum Gasteiger partial charge on any atom is -0.352 e. The molecule has 1 N–H and O–H groups in total. The van der Waals surface area contributed by atoms with Crippen molar-refractivity contribution in [1.82, 2.24) is 15.5 Å². The monoisotopic (exact) mass is 327 g/mol. The third-order valence-corrected chi connectivity index (χ3v) is 3.01. The van der Waals surface area contributed by atoms with Crippen molar-refractivity contribution in [2.75, 3.05) is 0 Å². The molecule has 0 fully saturated rings. The zero-order valence-electron chi connectivity index (χ0n) is 12.9. The Kier molecular flexibility index (Phi) is 4.44. The fraction of sp³-hybridized carbons (Fsp3) is 0.400. The van der Waals surface area contributed by atoms with Crippen molar-refractivity contribution in [3.63, 3.8) is 0 Å². The second kappa shape index (κ2) is 6.02. The summed E-state index contributed by atoms with van der Waals surface area (Å²) in [6, 6.07) is 6.51. The van der Waals surface area contributed by atoms with E-state index in [9.17, 15) is 18.0 Å². The number of nitrogens with zero attached hydrogens (tertiary/aromatic N) is 2. The summed E-state index contributed by atoms with van der Waals surface area (Å²) in [7, 11) is 0. The molecule has 23 heavy (non-hydrogen) atoms. The topological polar surface area (TPSA) is 68.0 Å². The maximum Gasteiger partial charge on any atom is 0.471 e. The molecule has 1 heterocycles. The number of hydrogen-bond acceptors (Lipinski definition) is 4. The summed E-state index contributed by atoms with van der Waals surface area (Å²) in [5, 5.41) is 6.10. The van der Waals surface area contributed by atoms with Crippen molar-refractivity contribution >= 4 is 5.91 Å². The van der Waals surface area contributed by atoms with Crippen molar-refractivity contribution in [2.24, 2.45) is 5.41 Å². The SMILES string of the molecule is CC(C)(C)C(=O)NCc1ccc(-c2noc(C(F)(F)F)n2)cc1. The van der Waals surface area contributed by atoms with Crippen molar-refractivity contribution in [3.8, 4) is 11.4 Å². The highest BCUT2D eigenvalue weighted by molar-refractivity contribution is 5.81. The van der Waals surface area contributed by atoms with Crippen LogP contribution in [0.25, 0.3) is 11.4 Å². The van der Waals surface area contributed by atoms with Crippen LogP contribution in [0.2, 0.25) is 0 Å². The summed E-state index contributed by atoms with van der Waals surface area (Å²) < 4.78 is 41.4. The highest BCUT2D eigenvalue weighted by atomic mass is 19.4. The first kappa shape index (κ1) is 17.0. The molecular formula is C15H16F3N3O2. The van der Waals surface area contributed by atoms with E-state index in [2.05, 4.69) is 20.0 Å². The lowest BCUT2D eigenvalue weighted by molar-refractivity contribution is -0.159. The Morgan fingerprint density at radius 1 is 1.17 bits per heavy atom. The van der Waals surface area contributed by atoms with E-state index in [0.29, 0.717) is 12.1 Å². The van der Waals surface area contributed by atoms with Crippen LogP contribution in [0.1, 0.15) is 32.2 Å². The molecule has 0 aliphatic rings. The Balaban J connectivity index is 2.05. The molecule has 0 bridgehead atoms. The van der Waals surface area contributed by atoms with Gasteiger partial charge in [0.1, 0.15) is 0 Å². The van der Waals surface area contributed by atoms with Gasteiger partial charge in [-0.05, 0) is 5.56 Å². The first-order valence-corrected chi connectivity index (χ1v) is 6.86. The van der Waals surface area contributed by atoms with Gasteiger partial charge in [-0.25, -0.2) is 0 Å². The minimum atomic E-state index is -4.66. The van der Waals surface area contributed by atoms with Gasteiger partial charge in [-0.2, -0.15) is 18.2 Å². The first-order chi connectivity index (χ1) is 10.6. The molecule has 0 aliphatic heterocycles. The van der Waals surface area contributed by atoms with Gasteiger partial charge in [0.05, 0.1) is 0 Å². The zero-order valence-corrected chi connectivity index (χ0v) is 12.9. The molecule has 1 aromatic heterocycles. The molecule has 1 aromatic carbocycles. The average Bonchev–Trinajstić information content (AvgIpc) is 2.94. The van der Waals surface area contributed by atoms with Crippen molar-refractivity contribution in [2.45, 2.75) is 33.5 Å². The van der Waals surface area contributed by atoms with E-state index in [1.807, 2.05) is 0 Å². The summed E-state index contributed by atoms with van der Waals surface area (Å²) in [6.07, 6.45) is -4.66. The maximum absolute atomic E-state index is 12.4. The van der Waals surface area contributed by atoms with E-state index in [-0.39, 0.29) is 11.7 Å². The van der Waals surface area contributed by atoms with E-state index < -0.39 is 17.5 Å². The number of aromatic nitrogens is 2. The molecule has 0 saturated heterocycles. The number of alkyl halides is 3. The van der Waals surface area contributed by atoms with E-state index in [0.717, 1.165) is 5.56 Å². The van der Waals surface area contributed by atoms with Gasteiger partial charge in [0.15, 0.2) is 0 Å². The lowest BCUT2D eigenvalue weighted by Gasteiger charge is -2.17. The van der Waals surface area contributed by atoms with E-state index >= 15 is 0 Å². The maximum atomic E-state index is 12.4. The van der Waals surface area contributed by atoms with Gasteiger partial charge in [0.25, 0.3) is 0 Å². The number of carbonyl (C=O) groups is 1. The fourth-order valence-electron chi connectivity index (χ4n) is 1.68. The van der Waals surface area contributed by atoms with E-state index in [1.165, 1.54) is 0 Å². The fourth-order valence-corrected chi connectivity index (χ4v) is 1.68. The van der Waals surface area contributed by atoms with E-state index in [4.69, 9.17) is 0 Å². The number of halogens is 3. The largest absolute Gasteiger partial charge is 0.471 e. The standard InChI is InChI=1S/C15H16F3N3O2/c1-14(2,3)12(22)19-8-9-4-6-10(7-5-9)11-20-13(23-21-11)15(16,17)18/h4-7H,8H2,1-3H3,(H,19,22). The van der Waals surface area contributed by atoms with Gasteiger partial charge < -0.3 is 9.84 Å². The minimum absolute atomic E-state index is 0.0884. The summed E-state index contributed by atoms with van der Waals surface area (Å²) in [4.78, 5) is 15.1. The van der Waals surface area contributed by atoms with Gasteiger partial charge in [0, 0.05) is 17.5 Å². The summed E-state index contributed by atoms with van der Waals surface area (Å²) in [6.45, 7) is 5.75. The molecule has 8 heteroatoms. The quantitative estimate of drug-likeness (QED) is 0.938. The average molecular weight is 327 g/mol. The van der Waals surface area contributed by atoms with Crippen LogP contribution in [-0.2, 0) is 17.5 Å². The van der Waals surface area contributed by atoms with Gasteiger partial charge in [-0.3, -0.25) is 4.79 Å². The molecule has 0 spiro atoms. The van der Waals surface area contributed by atoms with Crippen molar-refractivity contribution < 1.29 is 22.5 Å². The van der Waals surface area contributed by atoms with Gasteiger partial charge in [-0.15, -0.1) is 0 Å². The molecule has 1 amide bonds. The molecule has 124 valence electrons. The third-order valence-electron chi connectivity index (χ3n) is 3.01. The molecular weight excluding hydrogens is 311 g/mol. The van der Waals surface area contributed by atoms with Gasteiger partial charge >= 0.3 is 12.1 Å². The third kappa shape index (κ3) is 4.30. The van der Waals surface area contributed by atoms with Crippen LogP contribution in [0.5, 0.6) is 0 Å². The van der Waals surface area contributed by atoms with Crippen LogP contribution in [0.3, 0.4) is 0 Å². The second-order valence-electron chi connectivity index (χ2n) is 6.05. The molecule has 0 atom stereocenters. The highest BCUT2D eigenvalue weighted by Gasteiger charge is 2.38. The van der Waals surface area contributed by atoms with Crippen LogP contribution in [0, 0.1) is 5.41 Å². The summed E-state index contributed by atoms with van der Waals surface area (Å²) in [5.74, 6) is -1.61. The number of hydrogen-bond donors (Lipinski definition) is 1. The lowest BCUT2D eigenvalue weighted by atomic mass is 9.95. The van der Waals surface area contributed by atoms with Crippen LogP contribution >= 0.6 is 0 Å². The second-order valence-corrected chi connectivity index (χ2v) is 6.05. The van der Waals surface area contributed by atoms with Crippen LogP contribution < -0.4 is 5.32 Å². The Labute approximate surface area is 130 Å². The van der Waals surface area contributed by atoms with Crippen LogP contribution in [0.4, 0.5) is 13.2 Å². The summed E-state index contributed by atoms with van der Waals surface area (Å²) in [5.41, 5.74) is 0.722. The normalized spacial score (nSPS) is 12.3. The van der Waals surface area contributed by atoms with Gasteiger partial charge in [0.2, 0.25) is 11.7 Å². The number of benzene rings is 1. The predicted molar refractivity (Wildman–Crippen MR) is 76.0 cm³/mol. The molecule has 0 saturated carbocycles. The Morgan fingerprint density at radius 3 is 2.26 bits per heavy atom. The first-order valence-electron chi connectivity index (χ1n) is 6.86. The zero-order chi connectivity index (χ0) is 17.3. The molecule has 0 radical (unpaired) electrons. The van der Waals surface area contributed by atoms with Gasteiger partial charge in [-0.1, -0.05) is 50.2 Å². The number of nitrogens with one attached hydrogen (secondary N) is 1. The van der Waals surface area contributed by atoms with Crippen molar-refractivity contribution in [3.05, 3.63) is 35.7 Å². The molecule has 5 nitrogen and oxygen atoms in total. The lowest BCUT2D eigenvalue weighted by Crippen LogP contribution is -2.34. The number of rotatable bonds is 3.